The molecule has 39 heavy (non-hydrogen) atoms. The van der Waals surface area contributed by atoms with E-state index < -0.39 is 24.3 Å². The summed E-state index contributed by atoms with van der Waals surface area (Å²) in [5, 5.41) is 14.2. The van der Waals surface area contributed by atoms with Gasteiger partial charge in [0.2, 0.25) is 5.91 Å². The molecule has 3 fully saturated rings. The molecule has 2 N–H and O–H groups in total. The number of carboxylic acid groups (broad SMARTS) is 2. The third-order valence-electron chi connectivity index (χ3n) is 6.18. The summed E-state index contributed by atoms with van der Waals surface area (Å²) >= 11 is 0. The summed E-state index contributed by atoms with van der Waals surface area (Å²) in [5.41, 5.74) is 1.02. The third-order valence-corrected chi connectivity index (χ3v) is 6.18. The number of amides is 1. The summed E-state index contributed by atoms with van der Waals surface area (Å²) < 4.78 is 75.3. The van der Waals surface area contributed by atoms with Crippen molar-refractivity contribution in [1.82, 2.24) is 14.8 Å². The number of carboxylic acids is 2. The second kappa shape index (κ2) is 13.9. The number of carbonyl (C=O) groups excluding carboxylic acids is 1. The van der Waals surface area contributed by atoms with E-state index in [2.05, 4.69) is 16.0 Å². The van der Waals surface area contributed by atoms with Crippen LogP contribution in [0.15, 0.2) is 24.4 Å². The van der Waals surface area contributed by atoms with Crippen LogP contribution in [0.25, 0.3) is 0 Å². The number of ether oxygens (including phenoxy) is 2. The highest BCUT2D eigenvalue weighted by atomic mass is 19.4. The van der Waals surface area contributed by atoms with Gasteiger partial charge in [0.25, 0.3) is 0 Å². The normalized spacial score (nSPS) is 20.4. The van der Waals surface area contributed by atoms with E-state index >= 15 is 0 Å². The minimum atomic E-state index is -5.08. The molecule has 0 radical (unpaired) electrons. The molecule has 1 unspecified atom stereocenters. The minimum Gasteiger partial charge on any atom is -0.475 e. The smallest absolute Gasteiger partial charge is 0.475 e. The van der Waals surface area contributed by atoms with Gasteiger partial charge >= 0.3 is 24.3 Å². The van der Waals surface area contributed by atoms with Gasteiger partial charge in [0, 0.05) is 51.4 Å². The molecule has 1 aromatic heterocycles. The van der Waals surface area contributed by atoms with Crippen LogP contribution in [0.1, 0.15) is 25.0 Å². The molecule has 0 aromatic carbocycles. The third kappa shape index (κ3) is 10.3. The van der Waals surface area contributed by atoms with Crippen molar-refractivity contribution >= 4 is 17.8 Å². The first kappa shape index (κ1) is 32.2. The van der Waals surface area contributed by atoms with Gasteiger partial charge in [-0.3, -0.25) is 14.7 Å². The van der Waals surface area contributed by atoms with E-state index in [0.717, 1.165) is 64.3 Å². The van der Waals surface area contributed by atoms with Crippen molar-refractivity contribution in [1.29, 1.82) is 0 Å². The average Bonchev–Trinajstić information content (AvgIpc) is 3.50. The molecule has 4 heterocycles. The summed E-state index contributed by atoms with van der Waals surface area (Å²) in [6, 6.07) is 6.03. The number of halogens is 6. The maximum absolute atomic E-state index is 12.1. The fourth-order valence-electron chi connectivity index (χ4n) is 4.26. The molecule has 3 aliphatic rings. The van der Waals surface area contributed by atoms with Crippen molar-refractivity contribution in [2.24, 2.45) is 5.92 Å². The fraction of sp³-hybridized carbons (Fsp3) is 0.652. The van der Waals surface area contributed by atoms with Crippen molar-refractivity contribution in [2.45, 2.75) is 43.8 Å². The number of aliphatic carboxylic acids is 2. The quantitative estimate of drug-likeness (QED) is 0.494. The number of rotatable bonds is 6. The van der Waals surface area contributed by atoms with Crippen molar-refractivity contribution < 1.29 is 60.4 Å². The van der Waals surface area contributed by atoms with E-state index in [1.54, 1.807) is 0 Å². The van der Waals surface area contributed by atoms with Crippen molar-refractivity contribution in [3.8, 4) is 0 Å². The summed E-state index contributed by atoms with van der Waals surface area (Å²) in [5.74, 6) is -4.99. The highest BCUT2D eigenvalue weighted by molar-refractivity contribution is 5.77. The maximum Gasteiger partial charge on any atom is 0.490 e. The van der Waals surface area contributed by atoms with Gasteiger partial charge in [0.05, 0.1) is 17.9 Å². The van der Waals surface area contributed by atoms with Crippen molar-refractivity contribution in [3.63, 3.8) is 0 Å². The van der Waals surface area contributed by atoms with Crippen LogP contribution in [-0.2, 0) is 30.4 Å². The molecule has 1 atom stereocenters. The second-order valence-electron chi connectivity index (χ2n) is 9.07. The lowest BCUT2D eigenvalue weighted by Gasteiger charge is -2.50. The van der Waals surface area contributed by atoms with Crippen LogP contribution >= 0.6 is 0 Å². The Kier molecular flexibility index (Phi) is 11.5. The predicted molar refractivity (Wildman–Crippen MR) is 120 cm³/mol. The standard InChI is InChI=1S/C19H27N3O3.2C2HF3O2/c23-18(22-8-3-4-9-22)13-24-12-16-6-10-25-19(16)14-21(15-19)11-17-5-1-2-7-20-17;2*3-2(4,5)1(6)7/h1-2,5,7,16H,3-4,6,8-15H2;2*(H,6,7). The molecule has 1 aromatic rings. The van der Waals surface area contributed by atoms with E-state index in [4.69, 9.17) is 29.3 Å². The number of nitrogens with zero attached hydrogens (tertiary/aromatic N) is 3. The Labute approximate surface area is 219 Å². The first-order valence-corrected chi connectivity index (χ1v) is 11.9. The van der Waals surface area contributed by atoms with Crippen molar-refractivity contribution in [2.75, 3.05) is 46.0 Å². The van der Waals surface area contributed by atoms with Gasteiger partial charge in [-0.2, -0.15) is 26.3 Å². The summed E-state index contributed by atoms with van der Waals surface area (Å²) in [6.45, 7) is 6.14. The van der Waals surface area contributed by atoms with Crippen LogP contribution in [0.5, 0.6) is 0 Å². The van der Waals surface area contributed by atoms with Gasteiger partial charge in [0.1, 0.15) is 6.61 Å². The number of aromatic nitrogens is 1. The Hall–Kier alpha value is -2.98. The van der Waals surface area contributed by atoms with E-state index in [0.29, 0.717) is 12.5 Å². The lowest BCUT2D eigenvalue weighted by molar-refractivity contribution is -0.193. The van der Waals surface area contributed by atoms with Gasteiger partial charge in [-0.05, 0) is 31.4 Å². The molecule has 3 saturated heterocycles. The van der Waals surface area contributed by atoms with Gasteiger partial charge in [-0.1, -0.05) is 6.07 Å². The van der Waals surface area contributed by atoms with Crippen LogP contribution in [0.2, 0.25) is 0 Å². The average molecular weight is 573 g/mol. The maximum atomic E-state index is 12.1. The lowest BCUT2D eigenvalue weighted by Crippen LogP contribution is -2.64. The summed E-state index contributed by atoms with van der Waals surface area (Å²) in [7, 11) is 0. The summed E-state index contributed by atoms with van der Waals surface area (Å²) in [6.07, 6.45) is -5.06. The lowest BCUT2D eigenvalue weighted by atomic mass is 9.81. The van der Waals surface area contributed by atoms with Crippen LogP contribution < -0.4 is 0 Å². The first-order valence-electron chi connectivity index (χ1n) is 11.9. The highest BCUT2D eigenvalue weighted by Crippen LogP contribution is 2.40. The molecule has 220 valence electrons. The Bertz CT molecular complexity index is 926. The van der Waals surface area contributed by atoms with Crippen molar-refractivity contribution in [3.05, 3.63) is 30.1 Å². The molecule has 0 saturated carbocycles. The molecule has 4 rings (SSSR count). The molecular formula is C23H29F6N3O7. The molecule has 1 amide bonds. The van der Waals surface area contributed by atoms with E-state index in [1.165, 1.54) is 0 Å². The fourth-order valence-corrected chi connectivity index (χ4v) is 4.26. The number of carbonyl (C=O) groups is 3. The highest BCUT2D eigenvalue weighted by Gasteiger charge is 2.52. The van der Waals surface area contributed by atoms with E-state index in [-0.39, 0.29) is 18.1 Å². The van der Waals surface area contributed by atoms with Crippen LogP contribution in [0.3, 0.4) is 0 Å². The van der Waals surface area contributed by atoms with E-state index in [9.17, 15) is 31.1 Å². The van der Waals surface area contributed by atoms with Crippen LogP contribution in [0, 0.1) is 5.92 Å². The number of hydrogen-bond acceptors (Lipinski definition) is 7. The predicted octanol–water partition coefficient (Wildman–Crippen LogP) is 2.58. The Morgan fingerprint density at radius 3 is 2.08 bits per heavy atom. The van der Waals surface area contributed by atoms with Crippen LogP contribution in [0.4, 0.5) is 26.3 Å². The minimum absolute atomic E-state index is 0.0779. The number of hydrogen-bond donors (Lipinski definition) is 2. The zero-order valence-electron chi connectivity index (χ0n) is 20.7. The topological polar surface area (TPSA) is 130 Å². The Morgan fingerprint density at radius 2 is 1.59 bits per heavy atom. The molecule has 1 spiro atoms. The second-order valence-corrected chi connectivity index (χ2v) is 9.07. The van der Waals surface area contributed by atoms with Gasteiger partial charge < -0.3 is 24.6 Å². The Balaban J connectivity index is 0.000000317. The van der Waals surface area contributed by atoms with Gasteiger partial charge in [-0.15, -0.1) is 0 Å². The zero-order valence-corrected chi connectivity index (χ0v) is 20.7. The van der Waals surface area contributed by atoms with Gasteiger partial charge in [0.15, 0.2) is 0 Å². The summed E-state index contributed by atoms with van der Waals surface area (Å²) in [4.78, 5) is 38.5. The van der Waals surface area contributed by atoms with E-state index in [1.807, 2.05) is 23.2 Å². The zero-order chi connectivity index (χ0) is 29.3. The number of pyridine rings is 1. The number of alkyl halides is 6. The van der Waals surface area contributed by atoms with Gasteiger partial charge in [-0.25, -0.2) is 9.59 Å². The monoisotopic (exact) mass is 573 g/mol. The molecule has 16 heteroatoms. The molecular weight excluding hydrogens is 544 g/mol. The largest absolute Gasteiger partial charge is 0.490 e. The van der Waals surface area contributed by atoms with Crippen LogP contribution in [-0.4, -0.2) is 107 Å². The Morgan fingerprint density at radius 1 is 1.03 bits per heavy atom. The molecule has 3 aliphatic heterocycles. The molecule has 0 aliphatic carbocycles. The molecule has 0 bridgehead atoms. The number of likely N-dealkylation sites (tertiary alicyclic amines) is 2. The SMILES string of the molecule is O=C(COCC1CCOC12CN(Cc1ccccn1)C2)N1CCCC1.O=C(O)C(F)(F)F.O=C(O)C(F)(F)F. The molecule has 10 nitrogen and oxygen atoms in total. The first-order chi connectivity index (χ1) is 18.1.